The summed E-state index contributed by atoms with van der Waals surface area (Å²) in [6.45, 7) is 5.68. The molecule has 4 aromatic rings. The Hall–Kier alpha value is -4.05. The van der Waals surface area contributed by atoms with Gasteiger partial charge in [0.05, 0.1) is 11.9 Å². The number of aromatic amines is 1. The topological polar surface area (TPSA) is 114 Å². The molecule has 0 saturated heterocycles. The maximum Gasteiger partial charge on any atom is 0.281 e. The van der Waals surface area contributed by atoms with Gasteiger partial charge in [-0.05, 0) is 74.4 Å². The molecule has 0 aliphatic carbocycles. The molecule has 34 heavy (non-hydrogen) atoms. The summed E-state index contributed by atoms with van der Waals surface area (Å²) in [5.74, 6) is -0.912. The van der Waals surface area contributed by atoms with Crippen LogP contribution in [0.25, 0.3) is 11.3 Å². The van der Waals surface area contributed by atoms with Gasteiger partial charge in [0.15, 0.2) is 5.03 Å². The molecular formula is C24H23FN4O4S. The number of nitrogens with zero attached hydrogens (tertiary/aromatic N) is 2. The number of carbonyl (C=O) groups excluding carboxylic acids is 1. The highest BCUT2D eigenvalue weighted by Gasteiger charge is 2.24. The molecule has 8 nitrogen and oxygen atoms in total. The first-order valence-electron chi connectivity index (χ1n) is 10.2. The molecule has 2 aromatic heterocycles. The highest BCUT2D eigenvalue weighted by atomic mass is 32.2. The van der Waals surface area contributed by atoms with E-state index in [2.05, 4.69) is 15.2 Å². The lowest BCUT2D eigenvalue weighted by Gasteiger charge is -2.16. The van der Waals surface area contributed by atoms with Crippen LogP contribution in [0, 0.1) is 26.6 Å². The number of carbonyl (C=O) groups is 1. The van der Waals surface area contributed by atoms with Crippen molar-refractivity contribution in [2.24, 2.45) is 0 Å². The first-order valence-corrected chi connectivity index (χ1v) is 11.7. The molecule has 2 N–H and O–H groups in total. The van der Waals surface area contributed by atoms with Gasteiger partial charge in [0.1, 0.15) is 17.1 Å². The molecule has 0 atom stereocenters. The van der Waals surface area contributed by atoms with Crippen LogP contribution < -0.4 is 9.46 Å². The number of rotatable bonds is 6. The Morgan fingerprint density at radius 2 is 1.71 bits per heavy atom. The number of halogens is 1. The first kappa shape index (κ1) is 23.1. The minimum atomic E-state index is -4.19. The zero-order valence-corrected chi connectivity index (χ0v) is 19.4. The molecule has 176 valence electrons. The molecule has 0 spiro atoms. The lowest BCUT2D eigenvalue weighted by atomic mass is 10.1. The summed E-state index contributed by atoms with van der Waals surface area (Å²) in [4.78, 5) is 17.5. The van der Waals surface area contributed by atoms with E-state index in [0.29, 0.717) is 17.0 Å². The summed E-state index contributed by atoms with van der Waals surface area (Å²) in [6, 6.07) is 13.7. The maximum atomic E-state index is 13.4. The third-order valence-corrected chi connectivity index (χ3v) is 6.30. The van der Waals surface area contributed by atoms with Gasteiger partial charge in [0.2, 0.25) is 5.88 Å². The number of aryl methyl sites for hydroxylation is 3. The van der Waals surface area contributed by atoms with Gasteiger partial charge in [-0.25, -0.2) is 14.1 Å². The lowest BCUT2D eigenvalue weighted by molar-refractivity contribution is 0.0978. The summed E-state index contributed by atoms with van der Waals surface area (Å²) in [7, 11) is -4.19. The molecule has 0 aliphatic heterocycles. The molecule has 0 aliphatic rings. The minimum Gasteiger partial charge on any atom is -0.438 e. The largest absolute Gasteiger partial charge is 0.438 e. The Balaban J connectivity index is 0.00000342. The summed E-state index contributed by atoms with van der Waals surface area (Å²) in [5, 5.41) is 5.65. The number of sulfonamides is 1. The zero-order chi connectivity index (χ0) is 24.5. The van der Waals surface area contributed by atoms with Gasteiger partial charge in [0, 0.05) is 6.99 Å². The molecule has 1 amide bonds. The van der Waals surface area contributed by atoms with Crippen molar-refractivity contribution in [1.82, 2.24) is 19.9 Å². The van der Waals surface area contributed by atoms with Crippen LogP contribution in [-0.2, 0) is 10.0 Å². The van der Waals surface area contributed by atoms with Crippen LogP contribution in [0.5, 0.6) is 11.6 Å². The lowest BCUT2D eigenvalue weighted by Crippen LogP contribution is -2.31. The van der Waals surface area contributed by atoms with Gasteiger partial charge < -0.3 is 4.74 Å². The number of ether oxygens (including phenoxy) is 1. The Morgan fingerprint density at radius 3 is 2.32 bits per heavy atom. The molecule has 0 radical (unpaired) electrons. The van der Waals surface area contributed by atoms with Gasteiger partial charge in [-0.1, -0.05) is 17.7 Å². The van der Waals surface area contributed by atoms with Crippen molar-refractivity contribution in [3.63, 3.8) is 0 Å². The van der Waals surface area contributed by atoms with Crippen LogP contribution in [0.15, 0.2) is 65.8 Å². The number of aromatic nitrogens is 3. The zero-order valence-electron chi connectivity index (χ0n) is 18.6. The first-order chi connectivity index (χ1) is 16.1. The molecule has 2 aromatic carbocycles. The van der Waals surface area contributed by atoms with Crippen molar-refractivity contribution < 1.29 is 23.8 Å². The van der Waals surface area contributed by atoms with Crippen molar-refractivity contribution in [2.45, 2.75) is 25.8 Å². The fourth-order valence-corrected chi connectivity index (χ4v) is 4.40. The Kier molecular flexibility index (Phi) is 6.16. The number of hydrogen-bond acceptors (Lipinski definition) is 6. The summed E-state index contributed by atoms with van der Waals surface area (Å²) < 4.78 is 46.5. The Bertz CT molecular complexity index is 1450. The van der Waals surface area contributed by atoms with Crippen LogP contribution in [-0.4, -0.2) is 29.5 Å². The highest BCUT2D eigenvalue weighted by molar-refractivity contribution is 7.90. The van der Waals surface area contributed by atoms with Gasteiger partial charge in [-0.3, -0.25) is 9.89 Å². The SMILES string of the molecule is Cc1cc(C)c(Oc2nc(-c3ccc(F)cc3)ccc2C(=O)NS(=O)(=O)c2ccn[nH]2)c(C)c1.[HH]. The van der Waals surface area contributed by atoms with Crippen LogP contribution >= 0.6 is 0 Å². The quantitative estimate of drug-likeness (QED) is 0.412. The van der Waals surface area contributed by atoms with E-state index < -0.39 is 21.7 Å². The molecule has 4 rings (SSSR count). The Labute approximate surface area is 197 Å². The van der Waals surface area contributed by atoms with Gasteiger partial charge in [-0.15, -0.1) is 0 Å². The molecular weight excluding hydrogens is 459 g/mol. The van der Waals surface area contributed by atoms with Crippen LogP contribution in [0.3, 0.4) is 0 Å². The van der Waals surface area contributed by atoms with Crippen molar-refractivity contribution in [3.8, 4) is 22.9 Å². The number of pyridine rings is 1. The number of H-pyrrole nitrogens is 1. The summed E-state index contributed by atoms with van der Waals surface area (Å²) >= 11 is 0. The molecule has 0 bridgehead atoms. The molecule has 0 unspecified atom stereocenters. The van der Waals surface area contributed by atoms with Gasteiger partial charge >= 0.3 is 0 Å². The fraction of sp³-hybridized carbons (Fsp3) is 0.125. The standard InChI is InChI=1S/C24H21FN4O4S.H2/c1-14-12-15(2)22(16(3)13-14)33-24-19(23(30)29-34(31,32)21-10-11-26-28-21)8-9-20(27-24)17-4-6-18(25)7-5-17;/h4-13H,1-3H3,(H,26,28)(H,29,30);1H. The van der Waals surface area contributed by atoms with Crippen LogP contribution in [0.4, 0.5) is 4.39 Å². The summed E-state index contributed by atoms with van der Waals surface area (Å²) in [6.07, 6.45) is 1.26. The van der Waals surface area contributed by atoms with Crippen LogP contribution in [0.2, 0.25) is 0 Å². The molecule has 0 saturated carbocycles. The highest BCUT2D eigenvalue weighted by Crippen LogP contribution is 2.32. The molecule has 2 heterocycles. The fourth-order valence-electron chi connectivity index (χ4n) is 3.52. The predicted molar refractivity (Wildman–Crippen MR) is 126 cm³/mol. The summed E-state index contributed by atoms with van der Waals surface area (Å²) in [5.41, 5.74) is 3.61. The normalized spacial score (nSPS) is 11.3. The maximum absolute atomic E-state index is 13.4. The molecule has 0 fully saturated rings. The predicted octanol–water partition coefficient (Wildman–Crippen LogP) is 4.69. The van der Waals surface area contributed by atoms with Crippen molar-refractivity contribution in [3.05, 3.63) is 88.9 Å². The average Bonchev–Trinajstić information content (AvgIpc) is 3.32. The van der Waals surface area contributed by atoms with E-state index in [-0.39, 0.29) is 17.9 Å². The number of amides is 1. The third-order valence-electron chi connectivity index (χ3n) is 5.04. The van der Waals surface area contributed by atoms with E-state index >= 15 is 0 Å². The second kappa shape index (κ2) is 9.06. The van der Waals surface area contributed by atoms with Gasteiger partial charge in [0.25, 0.3) is 15.9 Å². The van der Waals surface area contributed by atoms with Crippen molar-refractivity contribution in [1.29, 1.82) is 0 Å². The van der Waals surface area contributed by atoms with E-state index in [1.54, 1.807) is 12.1 Å². The number of benzene rings is 2. The number of hydrogen-bond donors (Lipinski definition) is 2. The van der Waals surface area contributed by atoms with E-state index in [4.69, 9.17) is 4.74 Å². The second-order valence-electron chi connectivity index (χ2n) is 7.74. The smallest absolute Gasteiger partial charge is 0.281 e. The van der Waals surface area contributed by atoms with E-state index in [1.165, 1.54) is 36.5 Å². The van der Waals surface area contributed by atoms with E-state index in [9.17, 15) is 17.6 Å². The van der Waals surface area contributed by atoms with Gasteiger partial charge in [-0.2, -0.15) is 13.5 Å². The minimum absolute atomic E-state index is 0. The Morgan fingerprint density at radius 1 is 1.03 bits per heavy atom. The van der Waals surface area contributed by atoms with E-state index in [0.717, 1.165) is 16.7 Å². The van der Waals surface area contributed by atoms with Crippen molar-refractivity contribution >= 4 is 15.9 Å². The van der Waals surface area contributed by atoms with Crippen molar-refractivity contribution in [2.75, 3.05) is 0 Å². The number of nitrogens with one attached hydrogen (secondary N) is 2. The second-order valence-corrected chi connectivity index (χ2v) is 9.39. The average molecular weight is 483 g/mol. The van der Waals surface area contributed by atoms with Crippen LogP contribution in [0.1, 0.15) is 28.5 Å². The third kappa shape index (κ3) is 4.81. The monoisotopic (exact) mass is 482 g/mol. The van der Waals surface area contributed by atoms with E-state index in [1.807, 2.05) is 37.6 Å². The molecule has 10 heteroatoms.